The molecule has 0 saturated carbocycles. The topological polar surface area (TPSA) is 51.1 Å². The zero-order valence-corrected chi connectivity index (χ0v) is 16.8. The molecule has 2 aromatic carbocycles. The van der Waals surface area contributed by atoms with Gasteiger partial charge in [0.05, 0.1) is 12.2 Å². The molecule has 0 aliphatic carbocycles. The lowest BCUT2D eigenvalue weighted by atomic mass is 10.1. The van der Waals surface area contributed by atoms with E-state index < -0.39 is 14.4 Å². The average Bonchev–Trinajstić information content (AvgIpc) is 3.01. The number of carbonyl (C=O) groups is 1. The van der Waals surface area contributed by atoms with Crippen molar-refractivity contribution in [2.24, 2.45) is 4.99 Å². The minimum Gasteiger partial charge on any atom is -0.530 e. The molecule has 0 aromatic heterocycles. The summed E-state index contributed by atoms with van der Waals surface area (Å²) in [6, 6.07) is 19.4. The fraction of sp³-hybridized carbons (Fsp3) is 0.238. The Morgan fingerprint density at radius 3 is 2.37 bits per heavy atom. The molecule has 3 rings (SSSR count). The van der Waals surface area contributed by atoms with Crippen LogP contribution in [0.4, 0.5) is 4.79 Å². The summed E-state index contributed by atoms with van der Waals surface area (Å²) in [4.78, 5) is 18.4. The lowest BCUT2D eigenvalue weighted by molar-refractivity contribution is 0.165. The standard InChI is InChI=1S/C21H24N2O3Si/c1-27(2,3)26-20(22-14-17-10-6-4-7-11-17)15-23-19(16-25-21(23)24)18-12-8-5-9-13-18/h4-15,19H,16H2,1-3H3/b20-15-,22-14+/t19-/m1/s1. The number of nitrogens with zero attached hydrogens (tertiary/aromatic N) is 2. The molecule has 1 amide bonds. The maximum atomic E-state index is 12.3. The molecule has 1 fully saturated rings. The van der Waals surface area contributed by atoms with E-state index in [-0.39, 0.29) is 6.04 Å². The number of hydrogen-bond acceptors (Lipinski definition) is 4. The monoisotopic (exact) mass is 380 g/mol. The fourth-order valence-corrected chi connectivity index (χ4v) is 3.44. The van der Waals surface area contributed by atoms with E-state index in [1.54, 1.807) is 17.3 Å². The van der Waals surface area contributed by atoms with E-state index in [1.807, 2.05) is 60.7 Å². The molecule has 2 aromatic rings. The molecule has 0 bridgehead atoms. The highest BCUT2D eigenvalue weighted by Gasteiger charge is 2.34. The number of benzene rings is 2. The van der Waals surface area contributed by atoms with Gasteiger partial charge in [-0.1, -0.05) is 60.7 Å². The highest BCUT2D eigenvalue weighted by atomic mass is 28.4. The summed E-state index contributed by atoms with van der Waals surface area (Å²) >= 11 is 0. The lowest BCUT2D eigenvalue weighted by Gasteiger charge is -2.22. The van der Waals surface area contributed by atoms with Crippen molar-refractivity contribution in [3.63, 3.8) is 0 Å². The van der Waals surface area contributed by atoms with Crippen LogP contribution in [0.15, 0.2) is 77.7 Å². The zero-order chi connectivity index (χ0) is 19.3. The van der Waals surface area contributed by atoms with Crippen molar-refractivity contribution < 1.29 is 14.0 Å². The molecular formula is C21H24N2O3Si. The van der Waals surface area contributed by atoms with Gasteiger partial charge in [-0.25, -0.2) is 9.79 Å². The number of carbonyl (C=O) groups excluding carboxylic acids is 1. The minimum atomic E-state index is -1.91. The summed E-state index contributed by atoms with van der Waals surface area (Å²) in [7, 11) is -1.91. The van der Waals surface area contributed by atoms with Gasteiger partial charge in [-0.3, -0.25) is 4.90 Å². The number of hydrogen-bond donors (Lipinski definition) is 0. The van der Waals surface area contributed by atoms with Crippen LogP contribution in [0.3, 0.4) is 0 Å². The first-order valence-corrected chi connectivity index (χ1v) is 12.3. The molecule has 1 aliphatic rings. The molecule has 0 unspecified atom stereocenters. The summed E-state index contributed by atoms with van der Waals surface area (Å²) in [5.41, 5.74) is 1.98. The SMILES string of the molecule is C[Si](C)(C)OC(=C\N1C(=O)OC[C@@H]1c1ccccc1)/N=C/c1ccccc1. The van der Waals surface area contributed by atoms with Gasteiger partial charge in [-0.05, 0) is 30.8 Å². The van der Waals surface area contributed by atoms with Crippen molar-refractivity contribution in [3.8, 4) is 0 Å². The third kappa shape index (κ3) is 5.31. The molecule has 1 heterocycles. The third-order valence-electron chi connectivity index (χ3n) is 3.90. The van der Waals surface area contributed by atoms with Gasteiger partial charge in [0.15, 0.2) is 0 Å². The zero-order valence-electron chi connectivity index (χ0n) is 15.8. The van der Waals surface area contributed by atoms with Gasteiger partial charge in [0.2, 0.25) is 14.2 Å². The van der Waals surface area contributed by atoms with Crippen LogP contribution < -0.4 is 0 Å². The number of aliphatic imine (C=N–C) groups is 1. The highest BCUT2D eigenvalue weighted by molar-refractivity contribution is 6.70. The van der Waals surface area contributed by atoms with Gasteiger partial charge >= 0.3 is 6.09 Å². The van der Waals surface area contributed by atoms with Gasteiger partial charge in [0.1, 0.15) is 6.61 Å². The second-order valence-electron chi connectivity index (χ2n) is 7.26. The Morgan fingerprint density at radius 2 is 1.74 bits per heavy atom. The molecular weight excluding hydrogens is 356 g/mol. The van der Waals surface area contributed by atoms with Crippen LogP contribution in [0.1, 0.15) is 17.2 Å². The summed E-state index contributed by atoms with van der Waals surface area (Å²) in [6.07, 6.45) is 3.01. The van der Waals surface area contributed by atoms with Crippen molar-refractivity contribution in [2.75, 3.05) is 6.61 Å². The van der Waals surface area contributed by atoms with Gasteiger partial charge < -0.3 is 9.16 Å². The van der Waals surface area contributed by atoms with Gasteiger partial charge in [-0.2, -0.15) is 0 Å². The van der Waals surface area contributed by atoms with Crippen LogP contribution in [0.2, 0.25) is 19.6 Å². The molecule has 27 heavy (non-hydrogen) atoms. The predicted molar refractivity (Wildman–Crippen MR) is 109 cm³/mol. The summed E-state index contributed by atoms with van der Waals surface area (Å²) in [5.74, 6) is 0.415. The Bertz CT molecular complexity index is 830. The highest BCUT2D eigenvalue weighted by Crippen LogP contribution is 2.29. The molecule has 0 radical (unpaired) electrons. The van der Waals surface area contributed by atoms with E-state index in [1.165, 1.54) is 0 Å². The van der Waals surface area contributed by atoms with Crippen LogP contribution >= 0.6 is 0 Å². The van der Waals surface area contributed by atoms with E-state index in [4.69, 9.17) is 9.16 Å². The molecule has 6 heteroatoms. The summed E-state index contributed by atoms with van der Waals surface area (Å²) in [6.45, 7) is 6.55. The molecule has 1 saturated heterocycles. The number of ether oxygens (including phenoxy) is 1. The van der Waals surface area contributed by atoms with Crippen LogP contribution in [-0.4, -0.2) is 32.1 Å². The normalized spacial score (nSPS) is 18.0. The molecule has 0 spiro atoms. The Labute approximate surface area is 161 Å². The van der Waals surface area contributed by atoms with Crippen molar-refractivity contribution in [1.82, 2.24) is 4.90 Å². The van der Waals surface area contributed by atoms with Gasteiger partial charge in [0, 0.05) is 6.21 Å². The van der Waals surface area contributed by atoms with E-state index in [0.717, 1.165) is 11.1 Å². The first kappa shape index (κ1) is 18.9. The quantitative estimate of drug-likeness (QED) is 0.405. The van der Waals surface area contributed by atoms with Crippen molar-refractivity contribution in [1.29, 1.82) is 0 Å². The molecule has 1 aliphatic heterocycles. The fourth-order valence-electron chi connectivity index (χ4n) is 2.70. The van der Waals surface area contributed by atoms with E-state index in [0.29, 0.717) is 12.5 Å². The Kier molecular flexibility index (Phi) is 5.76. The van der Waals surface area contributed by atoms with Crippen LogP contribution in [0.25, 0.3) is 0 Å². The van der Waals surface area contributed by atoms with E-state index in [9.17, 15) is 4.79 Å². The van der Waals surface area contributed by atoms with Gasteiger partial charge in [0.25, 0.3) is 0 Å². The third-order valence-corrected chi connectivity index (χ3v) is 4.72. The first-order chi connectivity index (χ1) is 12.9. The predicted octanol–water partition coefficient (Wildman–Crippen LogP) is 4.95. The van der Waals surface area contributed by atoms with Gasteiger partial charge in [-0.15, -0.1) is 0 Å². The van der Waals surface area contributed by atoms with Crippen LogP contribution in [0.5, 0.6) is 0 Å². The second-order valence-corrected chi connectivity index (χ2v) is 11.7. The first-order valence-electron chi connectivity index (χ1n) is 8.92. The maximum absolute atomic E-state index is 12.3. The molecule has 140 valence electrons. The Morgan fingerprint density at radius 1 is 1.11 bits per heavy atom. The minimum absolute atomic E-state index is 0.189. The number of cyclic esters (lactones) is 1. The largest absolute Gasteiger partial charge is 0.530 e. The summed E-state index contributed by atoms with van der Waals surface area (Å²) in [5, 5.41) is 0. The number of rotatable bonds is 6. The smallest absolute Gasteiger partial charge is 0.414 e. The second kappa shape index (κ2) is 8.22. The van der Waals surface area contributed by atoms with Crippen LogP contribution in [0, 0.1) is 0 Å². The number of amides is 1. The molecule has 1 atom stereocenters. The van der Waals surface area contributed by atoms with Crippen molar-refractivity contribution >= 4 is 20.6 Å². The van der Waals surface area contributed by atoms with Crippen molar-refractivity contribution in [2.45, 2.75) is 25.7 Å². The van der Waals surface area contributed by atoms with Crippen molar-refractivity contribution in [3.05, 3.63) is 83.9 Å². The molecule has 5 nitrogen and oxygen atoms in total. The Hall–Kier alpha value is -2.86. The van der Waals surface area contributed by atoms with Crippen LogP contribution in [-0.2, 0) is 9.16 Å². The lowest BCUT2D eigenvalue weighted by Crippen LogP contribution is -2.27. The average molecular weight is 381 g/mol. The Balaban J connectivity index is 1.90. The maximum Gasteiger partial charge on any atom is 0.414 e. The summed E-state index contributed by atoms with van der Waals surface area (Å²) < 4.78 is 11.4. The van der Waals surface area contributed by atoms with E-state index >= 15 is 0 Å². The molecule has 0 N–H and O–H groups in total. The van der Waals surface area contributed by atoms with E-state index in [2.05, 4.69) is 24.6 Å².